The van der Waals surface area contributed by atoms with Gasteiger partial charge in [-0.2, -0.15) is 5.26 Å². The molecule has 8 heteroatoms. The smallest absolute Gasteiger partial charge is 0.262 e. The molecule has 2 aromatic rings. The molecule has 0 unspecified atom stereocenters. The molecule has 2 rings (SSSR count). The van der Waals surface area contributed by atoms with Crippen molar-refractivity contribution in [3.63, 3.8) is 0 Å². The van der Waals surface area contributed by atoms with Crippen molar-refractivity contribution in [3.05, 3.63) is 60.4 Å². The zero-order valence-corrected chi connectivity index (χ0v) is 13.9. The molecule has 1 amide bonds. The number of nitrogens with one attached hydrogen (secondary N) is 1. The summed E-state index contributed by atoms with van der Waals surface area (Å²) in [6.45, 7) is 3.73. The number of primary sulfonamides is 1. The van der Waals surface area contributed by atoms with Crippen molar-refractivity contribution in [1.29, 1.82) is 5.26 Å². The number of hydrogen-bond donors (Lipinski definition) is 2. The van der Waals surface area contributed by atoms with Crippen LogP contribution in [0.5, 0.6) is 0 Å². The minimum absolute atomic E-state index is 0.00594. The molecule has 1 heterocycles. The minimum Gasteiger partial charge on any atom is -0.457 e. The second-order valence-electron chi connectivity index (χ2n) is 4.94. The van der Waals surface area contributed by atoms with E-state index in [0.717, 1.165) is 0 Å². The lowest BCUT2D eigenvalue weighted by atomic mass is 10.2. The Balaban J connectivity index is 2.24. The lowest BCUT2D eigenvalue weighted by molar-refractivity contribution is -0.116. The molecule has 0 aliphatic carbocycles. The molecular weight excluding hydrogens is 342 g/mol. The summed E-state index contributed by atoms with van der Waals surface area (Å²) in [5.41, 5.74) is 0.522. The monoisotopic (exact) mass is 357 g/mol. The predicted octanol–water partition coefficient (Wildman–Crippen LogP) is 1.80. The van der Waals surface area contributed by atoms with Gasteiger partial charge in [0.2, 0.25) is 10.0 Å². The largest absolute Gasteiger partial charge is 0.457 e. The number of nitrogens with zero attached hydrogens (tertiary/aromatic N) is 1. The first kappa shape index (κ1) is 18.2. The third-order valence-corrected chi connectivity index (χ3v) is 4.08. The summed E-state index contributed by atoms with van der Waals surface area (Å²) in [5, 5.41) is 16.6. The predicted molar refractivity (Wildman–Crippen MR) is 92.3 cm³/mol. The van der Waals surface area contributed by atoms with Gasteiger partial charge in [-0.3, -0.25) is 4.79 Å². The molecule has 7 nitrogen and oxygen atoms in total. The number of nitrogens with two attached hydrogens (primary N) is 1. The second-order valence-corrected chi connectivity index (χ2v) is 6.50. The van der Waals surface area contributed by atoms with E-state index in [0.29, 0.717) is 17.1 Å². The van der Waals surface area contributed by atoms with Crippen molar-refractivity contribution in [2.45, 2.75) is 4.90 Å². The fraction of sp³-hybridized carbons (Fsp3) is 0.0588. The van der Waals surface area contributed by atoms with E-state index < -0.39 is 15.9 Å². The zero-order chi connectivity index (χ0) is 18.4. The summed E-state index contributed by atoms with van der Waals surface area (Å²) >= 11 is 0. The number of nitriles is 1. The Bertz CT molecular complexity index is 964. The summed E-state index contributed by atoms with van der Waals surface area (Å²) in [6.07, 6.45) is 2.82. The Morgan fingerprint density at radius 2 is 1.96 bits per heavy atom. The lowest BCUT2D eigenvalue weighted by Gasteiger charge is -2.00. The molecule has 25 heavy (non-hydrogen) atoms. The Labute approximate surface area is 145 Å². The first-order valence-corrected chi connectivity index (χ1v) is 8.63. The molecule has 0 saturated heterocycles. The Kier molecular flexibility index (Phi) is 5.54. The third-order valence-electron chi connectivity index (χ3n) is 3.15. The second kappa shape index (κ2) is 7.61. The molecule has 0 spiro atoms. The average Bonchev–Trinajstić information content (AvgIpc) is 3.05. The van der Waals surface area contributed by atoms with Gasteiger partial charge >= 0.3 is 0 Å². The third kappa shape index (κ3) is 4.67. The first-order chi connectivity index (χ1) is 11.8. The molecule has 0 bridgehead atoms. The quantitative estimate of drug-likeness (QED) is 0.463. The van der Waals surface area contributed by atoms with Crippen LogP contribution in [0.4, 0.5) is 0 Å². The highest BCUT2D eigenvalue weighted by Crippen LogP contribution is 2.24. The molecule has 3 N–H and O–H groups in total. The number of hydrogen-bond acceptors (Lipinski definition) is 5. The highest BCUT2D eigenvalue weighted by Gasteiger charge is 2.11. The maximum atomic E-state index is 11.8. The maximum Gasteiger partial charge on any atom is 0.262 e. The van der Waals surface area contributed by atoms with Gasteiger partial charge in [0.1, 0.15) is 23.2 Å². The van der Waals surface area contributed by atoms with E-state index in [-0.39, 0.29) is 17.0 Å². The molecular formula is C17H15N3O4S. The van der Waals surface area contributed by atoms with Gasteiger partial charge in [0.15, 0.2) is 0 Å². The summed E-state index contributed by atoms with van der Waals surface area (Å²) in [4.78, 5) is 11.8. The van der Waals surface area contributed by atoms with E-state index in [1.165, 1.54) is 24.3 Å². The van der Waals surface area contributed by atoms with E-state index >= 15 is 0 Å². The molecule has 0 fully saturated rings. The number of amides is 1. The Morgan fingerprint density at radius 3 is 2.52 bits per heavy atom. The van der Waals surface area contributed by atoms with Gasteiger partial charge < -0.3 is 9.73 Å². The summed E-state index contributed by atoms with van der Waals surface area (Å²) in [7, 11) is -3.76. The lowest BCUT2D eigenvalue weighted by Crippen LogP contribution is -2.24. The highest BCUT2D eigenvalue weighted by molar-refractivity contribution is 7.89. The van der Waals surface area contributed by atoms with Crippen molar-refractivity contribution in [3.8, 4) is 17.4 Å². The van der Waals surface area contributed by atoms with Crippen molar-refractivity contribution in [2.24, 2.45) is 5.14 Å². The van der Waals surface area contributed by atoms with Crippen LogP contribution in [0.3, 0.4) is 0 Å². The number of rotatable bonds is 6. The van der Waals surface area contributed by atoms with Crippen molar-refractivity contribution in [1.82, 2.24) is 5.32 Å². The van der Waals surface area contributed by atoms with Gasteiger partial charge in [-0.15, -0.1) is 6.58 Å². The number of sulfonamides is 1. The van der Waals surface area contributed by atoms with Crippen LogP contribution in [-0.4, -0.2) is 20.9 Å². The van der Waals surface area contributed by atoms with E-state index in [2.05, 4.69) is 11.9 Å². The Hall–Kier alpha value is -3.15. The van der Waals surface area contributed by atoms with E-state index in [9.17, 15) is 13.2 Å². The first-order valence-electron chi connectivity index (χ1n) is 7.09. The van der Waals surface area contributed by atoms with Crippen molar-refractivity contribution < 1.29 is 17.6 Å². The van der Waals surface area contributed by atoms with Gasteiger partial charge in [-0.1, -0.05) is 6.08 Å². The fourth-order valence-corrected chi connectivity index (χ4v) is 2.46. The summed E-state index contributed by atoms with van der Waals surface area (Å²) in [5.74, 6) is 0.240. The fourth-order valence-electron chi connectivity index (χ4n) is 1.95. The van der Waals surface area contributed by atoms with E-state index in [1.54, 1.807) is 30.3 Å². The number of benzene rings is 1. The number of furan rings is 1. The molecule has 0 atom stereocenters. The van der Waals surface area contributed by atoms with Crippen LogP contribution in [-0.2, 0) is 14.8 Å². The van der Waals surface area contributed by atoms with Gasteiger partial charge in [-0.25, -0.2) is 13.6 Å². The molecule has 0 saturated carbocycles. The number of carbonyl (C=O) groups is 1. The normalized spacial score (nSPS) is 11.6. The summed E-state index contributed by atoms with van der Waals surface area (Å²) in [6, 6.07) is 10.9. The standard InChI is InChI=1S/C17H15N3O4S/c1-2-9-20-17(21)13(11-18)10-14-5-8-16(24-14)12-3-6-15(7-4-12)25(19,22)23/h2-8,10H,1,9H2,(H,20,21)(H2,19,22,23). The van der Waals surface area contributed by atoms with Gasteiger partial charge in [0.05, 0.1) is 4.90 Å². The summed E-state index contributed by atoms with van der Waals surface area (Å²) < 4.78 is 28.1. The highest BCUT2D eigenvalue weighted by atomic mass is 32.2. The van der Waals surface area contributed by atoms with Gasteiger partial charge in [0.25, 0.3) is 5.91 Å². The molecule has 1 aromatic heterocycles. The van der Waals surface area contributed by atoms with Crippen molar-refractivity contribution in [2.75, 3.05) is 6.54 Å². The Morgan fingerprint density at radius 1 is 1.28 bits per heavy atom. The maximum absolute atomic E-state index is 11.8. The van der Waals surface area contributed by atoms with Gasteiger partial charge in [0, 0.05) is 18.2 Å². The molecule has 0 radical (unpaired) electrons. The SMILES string of the molecule is C=CCNC(=O)C(C#N)=Cc1ccc(-c2ccc(S(N)(=O)=O)cc2)o1. The molecule has 0 aliphatic heterocycles. The molecule has 128 valence electrons. The topological polar surface area (TPSA) is 126 Å². The zero-order valence-electron chi connectivity index (χ0n) is 13.1. The minimum atomic E-state index is -3.76. The van der Waals surface area contributed by atoms with E-state index in [1.807, 2.05) is 0 Å². The van der Waals surface area contributed by atoms with Crippen LogP contribution in [0.25, 0.3) is 17.4 Å². The van der Waals surface area contributed by atoms with Crippen LogP contribution in [0.2, 0.25) is 0 Å². The molecule has 0 aliphatic rings. The van der Waals surface area contributed by atoms with Crippen molar-refractivity contribution >= 4 is 22.0 Å². The van der Waals surface area contributed by atoms with Crippen LogP contribution >= 0.6 is 0 Å². The van der Waals surface area contributed by atoms with Gasteiger partial charge in [-0.05, 0) is 36.4 Å². The average molecular weight is 357 g/mol. The van der Waals surface area contributed by atoms with Crippen LogP contribution < -0.4 is 10.5 Å². The van der Waals surface area contributed by atoms with Crippen LogP contribution in [0.1, 0.15) is 5.76 Å². The van der Waals surface area contributed by atoms with Crippen LogP contribution in [0.15, 0.2) is 63.9 Å². The van der Waals surface area contributed by atoms with E-state index in [4.69, 9.17) is 14.8 Å². The molecule has 1 aromatic carbocycles. The van der Waals surface area contributed by atoms with Crippen LogP contribution in [0, 0.1) is 11.3 Å². The number of carbonyl (C=O) groups excluding carboxylic acids is 1.